The standard InChI is InChI=1S/C12H10Cl3N3/c1-6-7(2)17-12(11(15)16-6)18-10-4-8(13)3-9(14)5-10/h3-5H,1-2H3,(H,17,18). The van der Waals surface area contributed by atoms with Crippen LogP contribution in [0, 0.1) is 13.8 Å². The van der Waals surface area contributed by atoms with Crippen molar-refractivity contribution in [1.82, 2.24) is 9.97 Å². The topological polar surface area (TPSA) is 37.8 Å². The average Bonchev–Trinajstić information content (AvgIpc) is 2.24. The van der Waals surface area contributed by atoms with Crippen LogP contribution < -0.4 is 5.32 Å². The molecule has 1 aromatic carbocycles. The smallest absolute Gasteiger partial charge is 0.172 e. The fraction of sp³-hybridized carbons (Fsp3) is 0.167. The third-order valence-electron chi connectivity index (χ3n) is 2.39. The molecule has 18 heavy (non-hydrogen) atoms. The molecule has 0 aliphatic carbocycles. The molecule has 0 saturated carbocycles. The van der Waals surface area contributed by atoms with Crippen LogP contribution in [0.15, 0.2) is 18.2 Å². The van der Waals surface area contributed by atoms with Gasteiger partial charge in [-0.1, -0.05) is 34.8 Å². The maximum absolute atomic E-state index is 6.03. The van der Waals surface area contributed by atoms with Gasteiger partial charge < -0.3 is 5.32 Å². The quantitative estimate of drug-likeness (QED) is 0.866. The van der Waals surface area contributed by atoms with E-state index in [-0.39, 0.29) is 0 Å². The number of nitrogens with one attached hydrogen (secondary N) is 1. The molecule has 2 aromatic rings. The molecule has 0 spiro atoms. The Labute approximate surface area is 120 Å². The minimum atomic E-state index is 0.314. The Hall–Kier alpha value is -1.03. The van der Waals surface area contributed by atoms with E-state index in [9.17, 15) is 0 Å². The second-order valence-corrected chi connectivity index (χ2v) is 5.05. The van der Waals surface area contributed by atoms with E-state index in [2.05, 4.69) is 15.3 Å². The highest BCUT2D eigenvalue weighted by Crippen LogP contribution is 2.27. The molecule has 0 unspecified atom stereocenters. The summed E-state index contributed by atoms with van der Waals surface area (Å²) in [5.41, 5.74) is 2.33. The van der Waals surface area contributed by atoms with E-state index in [4.69, 9.17) is 34.8 Å². The van der Waals surface area contributed by atoms with Crippen LogP contribution in [-0.2, 0) is 0 Å². The molecular weight excluding hydrogens is 293 g/mol. The van der Waals surface area contributed by atoms with E-state index in [0.29, 0.717) is 26.7 Å². The van der Waals surface area contributed by atoms with Gasteiger partial charge in [-0.3, -0.25) is 0 Å². The molecule has 1 heterocycles. The molecule has 0 saturated heterocycles. The van der Waals surface area contributed by atoms with Crippen LogP contribution >= 0.6 is 34.8 Å². The molecule has 1 aromatic heterocycles. The van der Waals surface area contributed by atoms with Crippen molar-refractivity contribution in [1.29, 1.82) is 0 Å². The molecule has 2 rings (SSSR count). The van der Waals surface area contributed by atoms with Crippen LogP contribution in [-0.4, -0.2) is 9.97 Å². The average molecular weight is 303 g/mol. The fourth-order valence-corrected chi connectivity index (χ4v) is 2.16. The van der Waals surface area contributed by atoms with Crippen LogP contribution in [0.3, 0.4) is 0 Å². The van der Waals surface area contributed by atoms with Crippen molar-refractivity contribution in [3.8, 4) is 0 Å². The van der Waals surface area contributed by atoms with Crippen molar-refractivity contribution in [2.75, 3.05) is 5.32 Å². The van der Waals surface area contributed by atoms with Crippen LogP contribution in [0.25, 0.3) is 0 Å². The predicted octanol–water partition coefficient (Wildman–Crippen LogP) is 4.80. The summed E-state index contributed by atoms with van der Waals surface area (Å²) < 4.78 is 0. The van der Waals surface area contributed by atoms with E-state index >= 15 is 0 Å². The number of aromatic nitrogens is 2. The van der Waals surface area contributed by atoms with Gasteiger partial charge in [0, 0.05) is 15.7 Å². The third-order valence-corrected chi connectivity index (χ3v) is 3.09. The van der Waals surface area contributed by atoms with Crippen LogP contribution in [0.5, 0.6) is 0 Å². The van der Waals surface area contributed by atoms with Crippen LogP contribution in [0.2, 0.25) is 15.2 Å². The van der Waals surface area contributed by atoms with Crippen molar-refractivity contribution < 1.29 is 0 Å². The third kappa shape index (κ3) is 3.05. The van der Waals surface area contributed by atoms with E-state index < -0.39 is 0 Å². The predicted molar refractivity (Wildman–Crippen MR) is 76.3 cm³/mol. The summed E-state index contributed by atoms with van der Waals surface area (Å²) in [5, 5.41) is 4.44. The summed E-state index contributed by atoms with van der Waals surface area (Å²) in [6.07, 6.45) is 0. The van der Waals surface area contributed by atoms with Crippen molar-refractivity contribution in [3.63, 3.8) is 0 Å². The summed E-state index contributed by atoms with van der Waals surface area (Å²) in [4.78, 5) is 8.52. The minimum Gasteiger partial charge on any atom is -0.338 e. The number of hydrogen-bond donors (Lipinski definition) is 1. The van der Waals surface area contributed by atoms with E-state index in [0.717, 1.165) is 11.4 Å². The number of aryl methyl sites for hydroxylation is 2. The number of halogens is 3. The molecule has 0 aliphatic rings. The Morgan fingerprint density at radius 2 is 1.44 bits per heavy atom. The molecule has 1 N–H and O–H groups in total. The molecule has 0 aliphatic heterocycles. The first kappa shape index (κ1) is 13.4. The molecule has 0 fully saturated rings. The number of nitrogens with zero attached hydrogens (tertiary/aromatic N) is 2. The number of anilines is 2. The Kier molecular flexibility index (Phi) is 3.95. The summed E-state index contributed by atoms with van der Waals surface area (Å²) in [5.74, 6) is 0.484. The lowest BCUT2D eigenvalue weighted by Crippen LogP contribution is -2.00. The van der Waals surface area contributed by atoms with Gasteiger partial charge in [0.15, 0.2) is 11.0 Å². The second kappa shape index (κ2) is 5.31. The lowest BCUT2D eigenvalue weighted by atomic mass is 10.3. The Balaban J connectivity index is 2.36. The maximum Gasteiger partial charge on any atom is 0.172 e. The molecule has 0 amide bonds. The summed E-state index contributed by atoms with van der Waals surface area (Å²) in [6.45, 7) is 3.73. The number of benzene rings is 1. The van der Waals surface area contributed by atoms with Crippen LogP contribution in [0.1, 0.15) is 11.4 Å². The molecule has 0 radical (unpaired) electrons. The van der Waals surface area contributed by atoms with E-state index in [1.165, 1.54) is 0 Å². The maximum atomic E-state index is 6.03. The first-order valence-electron chi connectivity index (χ1n) is 5.19. The second-order valence-electron chi connectivity index (χ2n) is 3.82. The van der Waals surface area contributed by atoms with Crippen LogP contribution in [0.4, 0.5) is 11.5 Å². The van der Waals surface area contributed by atoms with E-state index in [1.54, 1.807) is 18.2 Å². The first-order chi connectivity index (χ1) is 8.45. The van der Waals surface area contributed by atoms with Gasteiger partial charge in [-0.15, -0.1) is 0 Å². The molecule has 0 bridgehead atoms. The highest BCUT2D eigenvalue weighted by atomic mass is 35.5. The van der Waals surface area contributed by atoms with Gasteiger partial charge >= 0.3 is 0 Å². The SMILES string of the molecule is Cc1nc(Cl)c(Nc2cc(Cl)cc(Cl)c2)nc1C. The largest absolute Gasteiger partial charge is 0.338 e. The van der Waals surface area contributed by atoms with Gasteiger partial charge in [-0.2, -0.15) is 0 Å². The fourth-order valence-electron chi connectivity index (χ4n) is 1.42. The molecule has 6 heteroatoms. The Bertz CT molecular complexity index is 579. The van der Waals surface area contributed by atoms with Crippen molar-refractivity contribution in [3.05, 3.63) is 44.8 Å². The van der Waals surface area contributed by atoms with Crippen molar-refractivity contribution >= 4 is 46.3 Å². The molecule has 94 valence electrons. The van der Waals surface area contributed by atoms with Gasteiger partial charge in [-0.25, -0.2) is 9.97 Å². The molecule has 0 atom stereocenters. The zero-order valence-electron chi connectivity index (χ0n) is 9.76. The molecular formula is C12H10Cl3N3. The normalized spacial score (nSPS) is 10.5. The van der Waals surface area contributed by atoms with Gasteiger partial charge in [0.25, 0.3) is 0 Å². The summed E-state index contributed by atoms with van der Waals surface area (Å²) in [7, 11) is 0. The van der Waals surface area contributed by atoms with Crippen molar-refractivity contribution in [2.24, 2.45) is 0 Å². The van der Waals surface area contributed by atoms with E-state index in [1.807, 2.05) is 13.8 Å². The van der Waals surface area contributed by atoms with Gasteiger partial charge in [0.05, 0.1) is 11.4 Å². The highest BCUT2D eigenvalue weighted by molar-refractivity contribution is 6.35. The number of hydrogen-bond acceptors (Lipinski definition) is 3. The highest BCUT2D eigenvalue weighted by Gasteiger charge is 2.08. The zero-order valence-corrected chi connectivity index (χ0v) is 12.0. The zero-order chi connectivity index (χ0) is 13.3. The van der Waals surface area contributed by atoms with Gasteiger partial charge in [0.1, 0.15) is 0 Å². The minimum absolute atomic E-state index is 0.314. The van der Waals surface area contributed by atoms with Gasteiger partial charge in [0.2, 0.25) is 0 Å². The number of rotatable bonds is 2. The molecule has 3 nitrogen and oxygen atoms in total. The first-order valence-corrected chi connectivity index (χ1v) is 6.33. The Morgan fingerprint density at radius 1 is 0.889 bits per heavy atom. The Morgan fingerprint density at radius 3 is 2.06 bits per heavy atom. The summed E-state index contributed by atoms with van der Waals surface area (Å²) in [6, 6.07) is 5.13. The van der Waals surface area contributed by atoms with Crippen molar-refractivity contribution in [2.45, 2.75) is 13.8 Å². The lowest BCUT2D eigenvalue weighted by molar-refractivity contribution is 1.05. The van der Waals surface area contributed by atoms with Gasteiger partial charge in [-0.05, 0) is 32.0 Å². The monoisotopic (exact) mass is 301 g/mol. The summed E-state index contributed by atoms with van der Waals surface area (Å²) >= 11 is 17.9. The lowest BCUT2D eigenvalue weighted by Gasteiger charge is -2.09.